The average Bonchev–Trinajstić information content (AvgIpc) is 3.05. The third-order valence-corrected chi connectivity index (χ3v) is 3.75. The summed E-state index contributed by atoms with van der Waals surface area (Å²) >= 11 is 1.58. The summed E-state index contributed by atoms with van der Waals surface area (Å²) in [5.74, 6) is -0.193. The van der Waals surface area contributed by atoms with Crippen molar-refractivity contribution in [2.24, 2.45) is 0 Å². The van der Waals surface area contributed by atoms with E-state index < -0.39 is 0 Å². The van der Waals surface area contributed by atoms with Crippen molar-refractivity contribution in [3.8, 4) is 0 Å². The van der Waals surface area contributed by atoms with Gasteiger partial charge >= 0.3 is 6.03 Å². The predicted molar refractivity (Wildman–Crippen MR) is 87.7 cm³/mol. The van der Waals surface area contributed by atoms with Crippen LogP contribution in [0.5, 0.6) is 0 Å². The van der Waals surface area contributed by atoms with Crippen molar-refractivity contribution in [3.63, 3.8) is 0 Å². The minimum atomic E-state index is -0.343. The summed E-state index contributed by atoms with van der Waals surface area (Å²) in [6.07, 6.45) is 0.775. The molecule has 3 amide bonds. The van der Waals surface area contributed by atoms with Gasteiger partial charge < -0.3 is 16.0 Å². The van der Waals surface area contributed by atoms with Crippen molar-refractivity contribution in [3.05, 3.63) is 58.3 Å². The minimum Gasteiger partial charge on any atom is -0.354 e. The van der Waals surface area contributed by atoms with E-state index in [4.69, 9.17) is 0 Å². The van der Waals surface area contributed by atoms with Crippen LogP contribution in [0.25, 0.3) is 0 Å². The van der Waals surface area contributed by atoms with Crippen LogP contribution in [-0.2, 0) is 17.8 Å². The van der Waals surface area contributed by atoms with Gasteiger partial charge in [0.25, 0.3) is 0 Å². The summed E-state index contributed by atoms with van der Waals surface area (Å²) in [4.78, 5) is 23.2. The highest BCUT2D eigenvalue weighted by Gasteiger charge is 2.04. The molecule has 0 radical (unpaired) electrons. The number of amides is 3. The molecule has 0 aliphatic rings. The van der Waals surface area contributed by atoms with Gasteiger partial charge in [0.15, 0.2) is 0 Å². The molecular formula is C16H19N3O2S. The van der Waals surface area contributed by atoms with Gasteiger partial charge in [-0.25, -0.2) is 4.79 Å². The number of nitrogens with one attached hydrogen (secondary N) is 3. The van der Waals surface area contributed by atoms with Crippen molar-refractivity contribution in [1.82, 2.24) is 16.0 Å². The molecule has 0 aliphatic heterocycles. The number of hydrogen-bond acceptors (Lipinski definition) is 3. The quantitative estimate of drug-likeness (QED) is 0.730. The Labute approximate surface area is 133 Å². The fraction of sp³-hybridized carbons (Fsp3) is 0.250. The fourth-order valence-electron chi connectivity index (χ4n) is 1.85. The smallest absolute Gasteiger partial charge is 0.315 e. The van der Waals surface area contributed by atoms with Crippen molar-refractivity contribution < 1.29 is 9.59 Å². The van der Waals surface area contributed by atoms with E-state index in [1.54, 1.807) is 11.3 Å². The second-order valence-corrected chi connectivity index (χ2v) is 5.53. The molecule has 5 nitrogen and oxygen atoms in total. The second kappa shape index (κ2) is 8.84. The van der Waals surface area contributed by atoms with Crippen LogP contribution in [0.15, 0.2) is 47.2 Å². The highest BCUT2D eigenvalue weighted by atomic mass is 32.1. The van der Waals surface area contributed by atoms with Crippen LogP contribution in [-0.4, -0.2) is 25.0 Å². The summed E-state index contributed by atoms with van der Waals surface area (Å²) in [6, 6.07) is 11.5. The fourth-order valence-corrected chi connectivity index (χ4v) is 2.52. The Morgan fingerprint density at radius 3 is 2.50 bits per heavy atom. The van der Waals surface area contributed by atoms with Crippen LogP contribution in [0, 0.1) is 0 Å². The molecular weight excluding hydrogens is 298 g/mol. The van der Waals surface area contributed by atoms with E-state index >= 15 is 0 Å². The lowest BCUT2D eigenvalue weighted by Gasteiger charge is -2.08. The van der Waals surface area contributed by atoms with Crippen molar-refractivity contribution in [2.45, 2.75) is 13.0 Å². The topological polar surface area (TPSA) is 70.2 Å². The first-order valence-corrected chi connectivity index (χ1v) is 8.02. The van der Waals surface area contributed by atoms with Crippen LogP contribution >= 0.6 is 11.3 Å². The van der Waals surface area contributed by atoms with Crippen LogP contribution < -0.4 is 16.0 Å². The molecule has 0 fully saturated rings. The molecule has 2 rings (SSSR count). The first-order valence-electron chi connectivity index (χ1n) is 7.07. The first-order chi connectivity index (χ1) is 10.7. The van der Waals surface area contributed by atoms with E-state index in [0.717, 1.165) is 12.0 Å². The number of urea groups is 1. The zero-order valence-corrected chi connectivity index (χ0v) is 13.0. The summed E-state index contributed by atoms with van der Waals surface area (Å²) in [5.41, 5.74) is 2.22. The molecule has 116 valence electrons. The lowest BCUT2D eigenvalue weighted by Crippen LogP contribution is -2.42. The number of hydrogen-bond donors (Lipinski definition) is 3. The summed E-state index contributed by atoms with van der Waals surface area (Å²) in [6.45, 7) is 0.996. The molecule has 0 saturated heterocycles. The van der Waals surface area contributed by atoms with Gasteiger partial charge in [0.1, 0.15) is 0 Å². The molecule has 3 N–H and O–H groups in total. The monoisotopic (exact) mass is 317 g/mol. The molecule has 0 aliphatic carbocycles. The standard InChI is InChI=1S/C16H19N3O2S/c20-15(17-8-6-13-4-2-1-3-5-13)11-19-16(21)18-10-14-7-9-22-12-14/h1-5,7,9,12H,6,8,10-11H2,(H,17,20)(H2,18,19,21). The van der Waals surface area contributed by atoms with Gasteiger partial charge in [0.05, 0.1) is 6.54 Å². The number of thiophene rings is 1. The van der Waals surface area contributed by atoms with E-state index in [0.29, 0.717) is 13.1 Å². The Balaban J connectivity index is 1.56. The summed E-state index contributed by atoms with van der Waals surface area (Å²) < 4.78 is 0. The van der Waals surface area contributed by atoms with Crippen molar-refractivity contribution in [1.29, 1.82) is 0 Å². The van der Waals surface area contributed by atoms with Gasteiger partial charge in [0.2, 0.25) is 5.91 Å². The minimum absolute atomic E-state index is 0.0236. The third kappa shape index (κ3) is 5.97. The lowest BCUT2D eigenvalue weighted by molar-refractivity contribution is -0.120. The Kier molecular flexibility index (Phi) is 6.44. The van der Waals surface area contributed by atoms with E-state index in [1.165, 1.54) is 5.56 Å². The SMILES string of the molecule is O=C(CNC(=O)NCc1ccsc1)NCCc1ccccc1. The normalized spacial score (nSPS) is 10.0. The Morgan fingerprint density at radius 1 is 0.955 bits per heavy atom. The Hall–Kier alpha value is -2.34. The van der Waals surface area contributed by atoms with Gasteiger partial charge in [-0.1, -0.05) is 30.3 Å². The molecule has 0 saturated carbocycles. The van der Waals surface area contributed by atoms with Crippen LogP contribution in [0.4, 0.5) is 4.79 Å². The van der Waals surface area contributed by atoms with Crippen molar-refractivity contribution in [2.75, 3.05) is 13.1 Å². The number of benzene rings is 1. The summed E-state index contributed by atoms with van der Waals surface area (Å²) in [5, 5.41) is 11.9. The Morgan fingerprint density at radius 2 is 1.77 bits per heavy atom. The average molecular weight is 317 g/mol. The summed E-state index contributed by atoms with van der Waals surface area (Å²) in [7, 11) is 0. The molecule has 2 aromatic rings. The molecule has 0 unspecified atom stereocenters. The molecule has 1 aromatic heterocycles. The van der Waals surface area contributed by atoms with Gasteiger partial charge in [-0.3, -0.25) is 4.79 Å². The number of rotatable bonds is 7. The van der Waals surface area contributed by atoms with E-state index in [9.17, 15) is 9.59 Å². The molecule has 1 aromatic carbocycles. The number of carbonyl (C=O) groups is 2. The highest BCUT2D eigenvalue weighted by molar-refractivity contribution is 7.07. The highest BCUT2D eigenvalue weighted by Crippen LogP contribution is 2.04. The second-order valence-electron chi connectivity index (χ2n) is 4.75. The van der Waals surface area contributed by atoms with Crippen LogP contribution in [0.1, 0.15) is 11.1 Å². The van der Waals surface area contributed by atoms with Crippen LogP contribution in [0.2, 0.25) is 0 Å². The van der Waals surface area contributed by atoms with Gasteiger partial charge in [-0.2, -0.15) is 11.3 Å². The van der Waals surface area contributed by atoms with Crippen LogP contribution in [0.3, 0.4) is 0 Å². The predicted octanol–water partition coefficient (Wildman–Crippen LogP) is 1.91. The Bertz CT molecular complexity index is 585. The molecule has 0 atom stereocenters. The third-order valence-electron chi connectivity index (χ3n) is 3.02. The zero-order chi connectivity index (χ0) is 15.6. The van der Waals surface area contributed by atoms with Gasteiger partial charge in [-0.05, 0) is 34.4 Å². The zero-order valence-electron chi connectivity index (χ0n) is 12.2. The maximum atomic E-state index is 11.6. The van der Waals surface area contributed by atoms with Crippen molar-refractivity contribution >= 4 is 23.3 Å². The maximum Gasteiger partial charge on any atom is 0.315 e. The van der Waals surface area contributed by atoms with Gasteiger partial charge in [-0.15, -0.1) is 0 Å². The molecule has 22 heavy (non-hydrogen) atoms. The molecule has 0 spiro atoms. The molecule has 0 bridgehead atoms. The number of carbonyl (C=O) groups excluding carboxylic acids is 2. The first kappa shape index (κ1) is 16.0. The molecule has 1 heterocycles. The van der Waals surface area contributed by atoms with E-state index in [2.05, 4.69) is 16.0 Å². The van der Waals surface area contributed by atoms with E-state index in [1.807, 2.05) is 47.2 Å². The molecule has 6 heteroatoms. The van der Waals surface area contributed by atoms with Gasteiger partial charge in [0, 0.05) is 13.1 Å². The van der Waals surface area contributed by atoms with E-state index in [-0.39, 0.29) is 18.5 Å². The largest absolute Gasteiger partial charge is 0.354 e. The lowest BCUT2D eigenvalue weighted by atomic mass is 10.1. The maximum absolute atomic E-state index is 11.6.